The zero-order chi connectivity index (χ0) is 33.1. The van der Waals surface area contributed by atoms with Crippen molar-refractivity contribution in [3.63, 3.8) is 0 Å². The number of pyridine rings is 1. The topological polar surface area (TPSA) is 100 Å². The Bertz CT molecular complexity index is 1960. The summed E-state index contributed by atoms with van der Waals surface area (Å²) in [7, 11) is 1.34. The highest BCUT2D eigenvalue weighted by Gasteiger charge is 2.25. The molecule has 3 aromatic carbocycles. The van der Waals surface area contributed by atoms with Gasteiger partial charge < -0.3 is 15.3 Å². The molecule has 0 spiro atoms. The highest BCUT2D eigenvalue weighted by Crippen LogP contribution is 2.38. The van der Waals surface area contributed by atoms with Gasteiger partial charge in [0.05, 0.1) is 25.6 Å². The van der Waals surface area contributed by atoms with Crippen LogP contribution >= 0.6 is 11.6 Å². The predicted molar refractivity (Wildman–Crippen MR) is 175 cm³/mol. The first-order valence-corrected chi connectivity index (χ1v) is 15.5. The second-order valence-electron chi connectivity index (χ2n) is 11.4. The Labute approximate surface area is 275 Å². The summed E-state index contributed by atoms with van der Waals surface area (Å²) in [5.74, 6) is -0.774. The lowest BCUT2D eigenvalue weighted by atomic mass is 9.87. The number of carbonyl (C=O) groups excluding carboxylic acids is 2. The minimum Gasteiger partial charge on any atom is -0.618 e. The van der Waals surface area contributed by atoms with Crippen molar-refractivity contribution in [1.82, 2.24) is 9.78 Å². The summed E-state index contributed by atoms with van der Waals surface area (Å²) in [4.78, 5) is 24.8. The van der Waals surface area contributed by atoms with Crippen LogP contribution < -0.4 is 10.0 Å². The van der Waals surface area contributed by atoms with Gasteiger partial charge in [0.1, 0.15) is 0 Å². The van der Waals surface area contributed by atoms with Crippen LogP contribution in [-0.4, -0.2) is 28.8 Å². The minimum absolute atomic E-state index is 0.0806. The lowest BCUT2D eigenvalue weighted by molar-refractivity contribution is -0.614. The average Bonchev–Trinajstić information content (AvgIpc) is 3.56. The SMILES string of the molecule is COC(=O)Cc1ccc2c(c1)NC(=O)CCCCC(c1ccc(-c3cc(Cl)ccc3-c3cnn(C(F)F)c3)c[n+]1[O-])c1cccc-2c1. The number of rotatable bonds is 6. The van der Waals surface area contributed by atoms with Gasteiger partial charge >= 0.3 is 12.5 Å². The van der Waals surface area contributed by atoms with Gasteiger partial charge in [-0.05, 0) is 64.9 Å². The maximum Gasteiger partial charge on any atom is 0.333 e. The molecule has 1 atom stereocenters. The number of anilines is 1. The van der Waals surface area contributed by atoms with Gasteiger partial charge in [-0.15, -0.1) is 0 Å². The second kappa shape index (κ2) is 13.7. The van der Waals surface area contributed by atoms with Crippen molar-refractivity contribution in [1.29, 1.82) is 0 Å². The maximum absolute atomic E-state index is 13.8. The molecule has 1 N–H and O–H groups in total. The molecule has 1 aliphatic rings. The smallest absolute Gasteiger partial charge is 0.333 e. The van der Waals surface area contributed by atoms with Gasteiger partial charge in [-0.3, -0.25) is 9.59 Å². The summed E-state index contributed by atoms with van der Waals surface area (Å²) in [5.41, 5.74) is 6.71. The fourth-order valence-electron chi connectivity index (χ4n) is 6.06. The molecule has 3 heterocycles. The van der Waals surface area contributed by atoms with E-state index in [1.807, 2.05) is 42.5 Å². The molecule has 0 saturated heterocycles. The van der Waals surface area contributed by atoms with E-state index >= 15 is 0 Å². The summed E-state index contributed by atoms with van der Waals surface area (Å²) in [6, 6.07) is 22.1. The summed E-state index contributed by atoms with van der Waals surface area (Å²) in [6.07, 6.45) is 6.43. The normalized spacial score (nSPS) is 14.9. The summed E-state index contributed by atoms with van der Waals surface area (Å²) in [6.45, 7) is -2.78. The van der Waals surface area contributed by atoms with Crippen molar-refractivity contribution in [2.75, 3.05) is 12.4 Å². The van der Waals surface area contributed by atoms with Crippen molar-refractivity contribution in [2.45, 2.75) is 44.6 Å². The Hall–Kier alpha value is -5.09. The molecule has 1 unspecified atom stereocenters. The van der Waals surface area contributed by atoms with Gasteiger partial charge in [0, 0.05) is 46.1 Å². The van der Waals surface area contributed by atoms with E-state index in [-0.39, 0.29) is 24.2 Å². The van der Waals surface area contributed by atoms with Crippen LogP contribution in [0.25, 0.3) is 33.4 Å². The number of aromatic nitrogens is 3. The minimum atomic E-state index is -2.78. The van der Waals surface area contributed by atoms with E-state index in [2.05, 4.69) is 10.4 Å². The number of hydrogen-bond donors (Lipinski definition) is 1. The molecule has 11 heteroatoms. The standard InChI is InChI=1S/C36H31ClF2N4O4/c1-47-35(45)16-22-9-12-29-23-5-4-6-24(17-23)30(7-2-3-8-34(44)41-32(29)15-22)33-14-10-25(21-43(33)46)31-18-27(37)11-13-28(31)26-19-40-42(20-26)36(38)39/h4-6,9-15,17-21,30,36H,2-3,7-8,16H2,1H3,(H,41,44). The van der Waals surface area contributed by atoms with Crippen LogP contribution in [0.15, 0.2) is 91.4 Å². The van der Waals surface area contributed by atoms with E-state index in [1.165, 1.54) is 25.7 Å². The lowest BCUT2D eigenvalue weighted by Gasteiger charge is -2.20. The third-order valence-corrected chi connectivity index (χ3v) is 8.62. The molecule has 240 valence electrons. The lowest BCUT2D eigenvalue weighted by Crippen LogP contribution is -2.33. The summed E-state index contributed by atoms with van der Waals surface area (Å²) in [5, 5.41) is 21.0. The molecule has 0 saturated carbocycles. The Morgan fingerprint density at radius 1 is 1.04 bits per heavy atom. The molecule has 5 aromatic rings. The third-order valence-electron chi connectivity index (χ3n) is 8.39. The van der Waals surface area contributed by atoms with Crippen LogP contribution in [0.3, 0.4) is 0 Å². The van der Waals surface area contributed by atoms with Crippen LogP contribution in [0.5, 0.6) is 0 Å². The molecule has 2 bridgehead atoms. The first-order chi connectivity index (χ1) is 22.7. The largest absolute Gasteiger partial charge is 0.618 e. The average molecular weight is 657 g/mol. The Balaban J connectivity index is 1.39. The highest BCUT2D eigenvalue weighted by molar-refractivity contribution is 6.31. The fourth-order valence-corrected chi connectivity index (χ4v) is 6.23. The van der Waals surface area contributed by atoms with E-state index in [4.69, 9.17) is 16.3 Å². The van der Waals surface area contributed by atoms with Gasteiger partial charge in [0.25, 0.3) is 0 Å². The van der Waals surface area contributed by atoms with Crippen molar-refractivity contribution < 1.29 is 27.8 Å². The van der Waals surface area contributed by atoms with Crippen LogP contribution in [0.1, 0.15) is 55.0 Å². The molecule has 47 heavy (non-hydrogen) atoms. The van der Waals surface area contributed by atoms with Crippen molar-refractivity contribution in [3.8, 4) is 33.4 Å². The molecule has 0 aliphatic carbocycles. The molecule has 1 aliphatic heterocycles. The maximum atomic E-state index is 13.8. The Kier molecular flexibility index (Phi) is 9.31. The zero-order valence-electron chi connectivity index (χ0n) is 25.5. The Morgan fingerprint density at radius 2 is 1.87 bits per heavy atom. The number of benzene rings is 3. The molecular weight excluding hydrogens is 626 g/mol. The van der Waals surface area contributed by atoms with Crippen LogP contribution in [-0.2, 0) is 20.7 Å². The number of esters is 1. The number of methoxy groups -OCH3 is 1. The number of hydrogen-bond acceptors (Lipinski definition) is 5. The van der Waals surface area contributed by atoms with E-state index in [0.717, 1.165) is 27.0 Å². The molecule has 0 radical (unpaired) electrons. The number of nitrogens with one attached hydrogen (secondary N) is 1. The van der Waals surface area contributed by atoms with Gasteiger partial charge in [-0.1, -0.05) is 60.5 Å². The van der Waals surface area contributed by atoms with Crippen molar-refractivity contribution >= 4 is 29.2 Å². The van der Waals surface area contributed by atoms with Gasteiger partial charge in [-0.2, -0.15) is 18.6 Å². The summed E-state index contributed by atoms with van der Waals surface area (Å²) < 4.78 is 32.7. The van der Waals surface area contributed by atoms with Crippen molar-refractivity contribution in [2.24, 2.45) is 0 Å². The molecular formula is C36H31ClF2N4O4. The molecule has 1 amide bonds. The van der Waals surface area contributed by atoms with E-state index in [1.54, 1.807) is 30.3 Å². The number of alkyl halides is 2. The highest BCUT2D eigenvalue weighted by atomic mass is 35.5. The number of carbonyl (C=O) groups is 2. The monoisotopic (exact) mass is 656 g/mol. The molecule has 2 aromatic heterocycles. The van der Waals surface area contributed by atoms with E-state index < -0.39 is 6.55 Å². The fraction of sp³-hybridized carbons (Fsp3) is 0.222. The van der Waals surface area contributed by atoms with Gasteiger partial charge in [0.2, 0.25) is 5.91 Å². The third kappa shape index (κ3) is 7.02. The number of fused-ring (bicyclic) bond motifs is 4. The number of nitrogens with zero attached hydrogens (tertiary/aromatic N) is 3. The Morgan fingerprint density at radius 3 is 2.64 bits per heavy atom. The zero-order valence-corrected chi connectivity index (χ0v) is 26.2. The van der Waals surface area contributed by atoms with E-state index in [0.29, 0.717) is 69.0 Å². The quantitative estimate of drug-likeness (QED) is 0.114. The first-order valence-electron chi connectivity index (χ1n) is 15.2. The molecule has 0 fully saturated rings. The van der Waals surface area contributed by atoms with Crippen LogP contribution in [0, 0.1) is 5.21 Å². The van der Waals surface area contributed by atoms with Gasteiger partial charge in [-0.25, -0.2) is 4.68 Å². The summed E-state index contributed by atoms with van der Waals surface area (Å²) >= 11 is 6.34. The number of amides is 1. The molecule has 6 rings (SSSR count). The van der Waals surface area contributed by atoms with Gasteiger partial charge in [0.15, 0.2) is 11.9 Å². The van der Waals surface area contributed by atoms with Crippen molar-refractivity contribution in [3.05, 3.63) is 118 Å². The first kappa shape index (κ1) is 31.9. The number of halogens is 3. The predicted octanol–water partition coefficient (Wildman–Crippen LogP) is 7.93. The van der Waals surface area contributed by atoms with Crippen LogP contribution in [0.4, 0.5) is 14.5 Å². The van der Waals surface area contributed by atoms with E-state index in [9.17, 15) is 23.6 Å². The number of ether oxygens (including phenoxy) is 1. The van der Waals surface area contributed by atoms with Crippen LogP contribution in [0.2, 0.25) is 5.02 Å². The second-order valence-corrected chi connectivity index (χ2v) is 11.9. The molecule has 8 nitrogen and oxygen atoms in total.